The molecule has 1 saturated heterocycles. The number of aromatic nitrogens is 1. The average molecular weight is 303 g/mol. The Morgan fingerprint density at radius 2 is 2.17 bits per heavy atom. The number of hydrogen-bond acceptors (Lipinski definition) is 2. The van der Waals surface area contributed by atoms with Crippen molar-refractivity contribution in [1.29, 1.82) is 0 Å². The monoisotopic (exact) mass is 302 g/mol. The predicted octanol–water partition coefficient (Wildman–Crippen LogP) is 3.99. The van der Waals surface area contributed by atoms with Gasteiger partial charge in [0.05, 0.1) is 5.52 Å². The highest BCUT2D eigenvalue weighted by molar-refractivity contribution is 9.10. The van der Waals surface area contributed by atoms with Crippen LogP contribution in [0.15, 0.2) is 34.9 Å². The Morgan fingerprint density at radius 1 is 1.22 bits per heavy atom. The van der Waals surface area contributed by atoms with Crippen LogP contribution in [0.25, 0.3) is 10.9 Å². The number of pyridine rings is 1. The first-order valence-electron chi connectivity index (χ1n) is 6.62. The van der Waals surface area contributed by atoms with Crippen molar-refractivity contribution in [3.05, 3.63) is 34.9 Å². The van der Waals surface area contributed by atoms with E-state index in [9.17, 15) is 0 Å². The molecule has 2 fully saturated rings. The molecule has 2 aromatic rings. The molecule has 0 amide bonds. The highest BCUT2D eigenvalue weighted by Crippen LogP contribution is 2.42. The average Bonchev–Trinajstić information content (AvgIpc) is 3.00. The van der Waals surface area contributed by atoms with Crippen molar-refractivity contribution in [1.82, 2.24) is 4.98 Å². The summed E-state index contributed by atoms with van der Waals surface area (Å²) in [5, 5.41) is 1.28. The normalized spacial score (nSPS) is 26.2. The molecule has 1 aliphatic heterocycles. The van der Waals surface area contributed by atoms with Crippen molar-refractivity contribution in [2.45, 2.75) is 25.3 Å². The molecule has 18 heavy (non-hydrogen) atoms. The van der Waals surface area contributed by atoms with Gasteiger partial charge >= 0.3 is 0 Å². The summed E-state index contributed by atoms with van der Waals surface area (Å²) >= 11 is 3.57. The van der Waals surface area contributed by atoms with Crippen LogP contribution in [0.4, 0.5) is 5.69 Å². The summed E-state index contributed by atoms with van der Waals surface area (Å²) in [7, 11) is 0. The van der Waals surface area contributed by atoms with E-state index in [1.807, 2.05) is 6.20 Å². The highest BCUT2D eigenvalue weighted by Gasteiger charge is 2.38. The molecule has 1 aromatic heterocycles. The fourth-order valence-corrected chi connectivity index (χ4v) is 3.94. The molecule has 2 nitrogen and oxygen atoms in total. The van der Waals surface area contributed by atoms with Crippen LogP contribution in [0.1, 0.15) is 19.3 Å². The first-order chi connectivity index (χ1) is 8.81. The minimum absolute atomic E-state index is 0.764. The minimum Gasteiger partial charge on any atom is -0.368 e. The van der Waals surface area contributed by atoms with Gasteiger partial charge in [-0.3, -0.25) is 4.98 Å². The van der Waals surface area contributed by atoms with Gasteiger partial charge in [0.1, 0.15) is 0 Å². The zero-order valence-electron chi connectivity index (χ0n) is 10.1. The smallest absolute Gasteiger partial charge is 0.0723 e. The van der Waals surface area contributed by atoms with Gasteiger partial charge in [0.15, 0.2) is 0 Å². The van der Waals surface area contributed by atoms with Crippen LogP contribution in [-0.4, -0.2) is 17.6 Å². The number of halogens is 1. The Morgan fingerprint density at radius 3 is 2.94 bits per heavy atom. The van der Waals surface area contributed by atoms with Crippen LogP contribution in [0.3, 0.4) is 0 Å². The lowest BCUT2D eigenvalue weighted by Crippen LogP contribution is -2.31. The van der Waals surface area contributed by atoms with Crippen molar-refractivity contribution in [3.63, 3.8) is 0 Å². The van der Waals surface area contributed by atoms with Gasteiger partial charge in [0, 0.05) is 34.3 Å². The van der Waals surface area contributed by atoms with Crippen LogP contribution in [-0.2, 0) is 0 Å². The molecule has 1 aromatic carbocycles. The maximum atomic E-state index is 4.47. The van der Waals surface area contributed by atoms with E-state index < -0.39 is 0 Å². The third-order valence-corrected chi connectivity index (χ3v) is 4.89. The molecule has 2 atom stereocenters. The second-order valence-electron chi connectivity index (χ2n) is 5.48. The standard InChI is InChI=1S/C15H15BrN2/c16-11-2-4-14-13(8-11)15(5-6-17-14)18-9-10-1-3-12(18)7-10/h2,4-6,8,10,12H,1,3,7,9H2. The van der Waals surface area contributed by atoms with Crippen molar-refractivity contribution < 1.29 is 0 Å². The van der Waals surface area contributed by atoms with Gasteiger partial charge in [0.2, 0.25) is 0 Å². The van der Waals surface area contributed by atoms with Crippen molar-refractivity contribution in [2.75, 3.05) is 11.4 Å². The van der Waals surface area contributed by atoms with E-state index in [-0.39, 0.29) is 0 Å². The first-order valence-corrected chi connectivity index (χ1v) is 7.41. The third kappa shape index (κ3) is 1.57. The molecule has 0 radical (unpaired) electrons. The molecular weight excluding hydrogens is 288 g/mol. The summed E-state index contributed by atoms with van der Waals surface area (Å²) in [6.45, 7) is 1.23. The summed E-state index contributed by atoms with van der Waals surface area (Å²) in [6.07, 6.45) is 6.12. The number of piperidine rings is 1. The fourth-order valence-electron chi connectivity index (χ4n) is 3.57. The second kappa shape index (κ2) is 3.95. The van der Waals surface area contributed by atoms with Crippen molar-refractivity contribution in [2.24, 2.45) is 5.92 Å². The molecule has 2 heterocycles. The maximum Gasteiger partial charge on any atom is 0.0723 e. The van der Waals surface area contributed by atoms with Gasteiger partial charge in [-0.15, -0.1) is 0 Å². The summed E-state index contributed by atoms with van der Waals surface area (Å²) in [5.41, 5.74) is 2.46. The van der Waals surface area contributed by atoms with Crippen LogP contribution in [0.2, 0.25) is 0 Å². The predicted molar refractivity (Wildman–Crippen MR) is 77.9 cm³/mol. The van der Waals surface area contributed by atoms with Gasteiger partial charge in [-0.25, -0.2) is 0 Å². The van der Waals surface area contributed by atoms with Crippen LogP contribution < -0.4 is 4.90 Å². The van der Waals surface area contributed by atoms with E-state index >= 15 is 0 Å². The van der Waals surface area contributed by atoms with Gasteiger partial charge in [-0.05, 0) is 49.4 Å². The number of nitrogens with zero attached hydrogens (tertiary/aromatic N) is 2. The van der Waals surface area contributed by atoms with Crippen LogP contribution in [0, 0.1) is 5.92 Å². The number of anilines is 1. The Bertz CT molecular complexity index is 610. The summed E-state index contributed by atoms with van der Waals surface area (Å²) < 4.78 is 1.13. The minimum atomic E-state index is 0.764. The lowest BCUT2D eigenvalue weighted by molar-refractivity contribution is 0.554. The lowest BCUT2D eigenvalue weighted by atomic mass is 10.1. The molecule has 1 saturated carbocycles. The number of fused-ring (bicyclic) bond motifs is 3. The van der Waals surface area contributed by atoms with Gasteiger partial charge in [-0.1, -0.05) is 15.9 Å². The molecule has 2 unspecified atom stereocenters. The van der Waals surface area contributed by atoms with E-state index in [4.69, 9.17) is 0 Å². The van der Waals surface area contributed by atoms with E-state index in [0.29, 0.717) is 0 Å². The lowest BCUT2D eigenvalue weighted by Gasteiger charge is -2.30. The Hall–Kier alpha value is -1.09. The van der Waals surface area contributed by atoms with Crippen molar-refractivity contribution in [3.8, 4) is 0 Å². The van der Waals surface area contributed by atoms with E-state index in [0.717, 1.165) is 21.9 Å². The molecular formula is C15H15BrN2. The number of benzene rings is 1. The largest absolute Gasteiger partial charge is 0.368 e. The van der Waals surface area contributed by atoms with Crippen molar-refractivity contribution >= 4 is 32.5 Å². The topological polar surface area (TPSA) is 16.1 Å². The fraction of sp³-hybridized carbons (Fsp3) is 0.400. The number of hydrogen-bond donors (Lipinski definition) is 0. The Kier molecular flexibility index (Phi) is 2.37. The van der Waals surface area contributed by atoms with Crippen LogP contribution in [0.5, 0.6) is 0 Å². The summed E-state index contributed by atoms with van der Waals surface area (Å²) in [5.74, 6) is 0.922. The second-order valence-corrected chi connectivity index (χ2v) is 6.39. The molecule has 4 rings (SSSR count). The molecule has 2 aliphatic rings. The number of rotatable bonds is 1. The third-order valence-electron chi connectivity index (χ3n) is 4.40. The van der Waals surface area contributed by atoms with Gasteiger partial charge in [0.25, 0.3) is 0 Å². The summed E-state index contributed by atoms with van der Waals surface area (Å²) in [6, 6.07) is 9.30. The molecule has 0 spiro atoms. The van der Waals surface area contributed by atoms with E-state index in [1.165, 1.54) is 36.9 Å². The van der Waals surface area contributed by atoms with E-state index in [2.05, 4.69) is 50.1 Å². The quantitative estimate of drug-likeness (QED) is 0.792. The van der Waals surface area contributed by atoms with E-state index in [1.54, 1.807) is 0 Å². The Labute approximate surface area is 115 Å². The van der Waals surface area contributed by atoms with Gasteiger partial charge < -0.3 is 4.90 Å². The first kappa shape index (κ1) is 10.8. The highest BCUT2D eigenvalue weighted by atomic mass is 79.9. The molecule has 1 aliphatic carbocycles. The SMILES string of the molecule is Brc1ccc2nccc(N3CC4CCC3C4)c2c1. The summed E-state index contributed by atoms with van der Waals surface area (Å²) in [4.78, 5) is 7.07. The zero-order chi connectivity index (χ0) is 12.1. The maximum absolute atomic E-state index is 4.47. The molecule has 0 N–H and O–H groups in total. The van der Waals surface area contributed by atoms with Gasteiger partial charge in [-0.2, -0.15) is 0 Å². The molecule has 2 bridgehead atoms. The Balaban J connectivity index is 1.87. The molecule has 3 heteroatoms. The van der Waals surface area contributed by atoms with Crippen LogP contribution >= 0.6 is 15.9 Å². The molecule has 92 valence electrons. The zero-order valence-corrected chi connectivity index (χ0v) is 11.7.